The fraction of sp³-hybridized carbons (Fsp3) is 0.500. The Labute approximate surface area is 107 Å². The lowest BCUT2D eigenvalue weighted by Gasteiger charge is -2.33. The van der Waals surface area contributed by atoms with E-state index in [2.05, 4.69) is 4.90 Å². The van der Waals surface area contributed by atoms with Crippen LogP contribution in [0.4, 0.5) is 5.69 Å². The highest BCUT2D eigenvalue weighted by Gasteiger charge is 2.32. The first-order valence-corrected chi connectivity index (χ1v) is 6.23. The summed E-state index contributed by atoms with van der Waals surface area (Å²) in [4.78, 5) is 14.2. The second-order valence-corrected chi connectivity index (χ2v) is 4.41. The van der Waals surface area contributed by atoms with Crippen molar-refractivity contribution >= 4 is 11.7 Å². The summed E-state index contributed by atoms with van der Waals surface area (Å²) in [7, 11) is 3.66. The molecule has 1 aromatic rings. The molecule has 0 radical (unpaired) electrons. The molecule has 4 heteroatoms. The van der Waals surface area contributed by atoms with Crippen molar-refractivity contribution in [3.05, 3.63) is 23.8 Å². The number of hydrogen-bond acceptors (Lipinski definition) is 4. The van der Waals surface area contributed by atoms with Gasteiger partial charge in [-0.2, -0.15) is 0 Å². The van der Waals surface area contributed by atoms with Crippen LogP contribution in [-0.4, -0.2) is 33.3 Å². The molecule has 0 saturated heterocycles. The number of rotatable bonds is 3. The van der Waals surface area contributed by atoms with Crippen LogP contribution in [0.25, 0.3) is 0 Å². The van der Waals surface area contributed by atoms with Crippen molar-refractivity contribution in [1.82, 2.24) is 0 Å². The Bertz CT molecular complexity index is 445. The Balaban J connectivity index is 2.44. The van der Waals surface area contributed by atoms with E-state index in [0.717, 1.165) is 30.0 Å². The van der Waals surface area contributed by atoms with Gasteiger partial charge >= 0.3 is 5.97 Å². The van der Waals surface area contributed by atoms with Gasteiger partial charge in [0.05, 0.1) is 19.6 Å². The molecule has 2 rings (SSSR count). The van der Waals surface area contributed by atoms with Gasteiger partial charge in [-0.15, -0.1) is 0 Å². The van der Waals surface area contributed by atoms with Crippen molar-refractivity contribution in [2.75, 3.05) is 32.2 Å². The number of hydrogen-bond donors (Lipinski definition) is 0. The predicted molar refractivity (Wildman–Crippen MR) is 70.3 cm³/mol. The lowest BCUT2D eigenvalue weighted by atomic mass is 9.89. The molecule has 4 nitrogen and oxygen atoms in total. The van der Waals surface area contributed by atoms with Crippen LogP contribution in [0.2, 0.25) is 0 Å². The average molecular weight is 249 g/mol. The van der Waals surface area contributed by atoms with Gasteiger partial charge in [0.15, 0.2) is 0 Å². The number of carbonyl (C=O) groups excluding carboxylic acids is 1. The smallest absolute Gasteiger partial charge is 0.313 e. The van der Waals surface area contributed by atoms with Gasteiger partial charge in [0, 0.05) is 24.8 Å². The van der Waals surface area contributed by atoms with Gasteiger partial charge in [-0.05, 0) is 25.5 Å². The number of nitrogens with zero attached hydrogens (tertiary/aromatic N) is 1. The van der Waals surface area contributed by atoms with Crippen molar-refractivity contribution in [2.45, 2.75) is 19.3 Å². The van der Waals surface area contributed by atoms with Gasteiger partial charge < -0.3 is 14.4 Å². The van der Waals surface area contributed by atoms with Crippen LogP contribution < -0.4 is 9.64 Å². The standard InChI is InChI=1S/C14H19NO3/c1-4-18-14(16)10-8-9-15(2)11-6-5-7-12(17-3)13(10)11/h5-7,10H,4,8-9H2,1-3H3. The molecule has 1 aliphatic rings. The fourth-order valence-electron chi connectivity index (χ4n) is 2.46. The molecule has 1 aliphatic heterocycles. The summed E-state index contributed by atoms with van der Waals surface area (Å²) in [6.45, 7) is 3.09. The maximum Gasteiger partial charge on any atom is 0.313 e. The van der Waals surface area contributed by atoms with Gasteiger partial charge in [-0.1, -0.05) is 6.07 Å². The minimum absolute atomic E-state index is 0.156. The van der Waals surface area contributed by atoms with Crippen molar-refractivity contribution in [1.29, 1.82) is 0 Å². The van der Waals surface area contributed by atoms with Crippen LogP contribution in [-0.2, 0) is 9.53 Å². The van der Waals surface area contributed by atoms with Crippen LogP contribution in [0.1, 0.15) is 24.8 Å². The number of ether oxygens (including phenoxy) is 2. The molecule has 1 aromatic carbocycles. The number of methoxy groups -OCH3 is 1. The van der Waals surface area contributed by atoms with E-state index < -0.39 is 0 Å². The molecule has 1 atom stereocenters. The zero-order valence-electron chi connectivity index (χ0n) is 11.1. The van der Waals surface area contributed by atoms with Gasteiger partial charge in [-0.25, -0.2) is 0 Å². The molecule has 18 heavy (non-hydrogen) atoms. The lowest BCUT2D eigenvalue weighted by molar-refractivity contribution is -0.145. The molecule has 1 unspecified atom stereocenters. The molecule has 0 fully saturated rings. The monoisotopic (exact) mass is 249 g/mol. The Morgan fingerprint density at radius 1 is 1.50 bits per heavy atom. The summed E-state index contributed by atoms with van der Waals surface area (Å²) < 4.78 is 10.5. The maximum atomic E-state index is 12.0. The Kier molecular flexibility index (Phi) is 3.75. The number of fused-ring (bicyclic) bond motifs is 1. The average Bonchev–Trinajstić information content (AvgIpc) is 2.39. The molecule has 0 saturated carbocycles. The SMILES string of the molecule is CCOC(=O)C1CCN(C)c2cccc(OC)c21. The quantitative estimate of drug-likeness (QED) is 0.770. The van der Waals surface area contributed by atoms with E-state index in [4.69, 9.17) is 9.47 Å². The van der Waals surface area contributed by atoms with Crippen LogP contribution in [0.15, 0.2) is 18.2 Å². The molecule has 0 bridgehead atoms. The van der Waals surface area contributed by atoms with Gasteiger partial charge in [0.2, 0.25) is 0 Å². The molecule has 0 N–H and O–H groups in total. The normalized spacial score (nSPS) is 18.2. The Morgan fingerprint density at radius 3 is 2.94 bits per heavy atom. The van der Waals surface area contributed by atoms with Crippen molar-refractivity contribution < 1.29 is 14.3 Å². The largest absolute Gasteiger partial charge is 0.496 e. The number of anilines is 1. The molecule has 0 spiro atoms. The van der Waals surface area contributed by atoms with Crippen molar-refractivity contribution in [3.8, 4) is 5.75 Å². The zero-order valence-corrected chi connectivity index (χ0v) is 11.1. The minimum Gasteiger partial charge on any atom is -0.496 e. The minimum atomic E-state index is -0.215. The van der Waals surface area contributed by atoms with E-state index in [1.807, 2.05) is 32.2 Å². The summed E-state index contributed by atoms with van der Waals surface area (Å²) in [5.74, 6) is 0.390. The second kappa shape index (κ2) is 5.29. The Morgan fingerprint density at radius 2 is 2.28 bits per heavy atom. The van der Waals surface area contributed by atoms with Gasteiger partial charge in [0.1, 0.15) is 5.75 Å². The van der Waals surface area contributed by atoms with Gasteiger partial charge in [0.25, 0.3) is 0 Å². The number of carbonyl (C=O) groups is 1. The molecular weight excluding hydrogens is 230 g/mol. The summed E-state index contributed by atoms with van der Waals surface area (Å²) in [5, 5.41) is 0. The van der Waals surface area contributed by atoms with E-state index in [9.17, 15) is 4.79 Å². The topological polar surface area (TPSA) is 38.8 Å². The third kappa shape index (κ3) is 2.15. The number of benzene rings is 1. The summed E-state index contributed by atoms with van der Waals surface area (Å²) in [6.07, 6.45) is 0.767. The number of esters is 1. The molecule has 1 heterocycles. The third-order valence-electron chi connectivity index (χ3n) is 3.35. The van der Waals surface area contributed by atoms with E-state index in [0.29, 0.717) is 6.61 Å². The molecule has 0 aliphatic carbocycles. The summed E-state index contributed by atoms with van der Waals surface area (Å²) >= 11 is 0. The Hall–Kier alpha value is -1.71. The third-order valence-corrected chi connectivity index (χ3v) is 3.35. The fourth-order valence-corrected chi connectivity index (χ4v) is 2.46. The zero-order chi connectivity index (χ0) is 13.1. The van der Waals surface area contributed by atoms with E-state index in [1.54, 1.807) is 7.11 Å². The lowest BCUT2D eigenvalue weighted by Crippen LogP contribution is -2.31. The van der Waals surface area contributed by atoms with E-state index >= 15 is 0 Å². The van der Waals surface area contributed by atoms with E-state index in [-0.39, 0.29) is 11.9 Å². The highest BCUT2D eigenvalue weighted by molar-refractivity contribution is 5.83. The highest BCUT2D eigenvalue weighted by atomic mass is 16.5. The van der Waals surface area contributed by atoms with Gasteiger partial charge in [-0.3, -0.25) is 4.79 Å². The van der Waals surface area contributed by atoms with Crippen molar-refractivity contribution in [2.24, 2.45) is 0 Å². The van der Waals surface area contributed by atoms with Crippen LogP contribution in [0, 0.1) is 0 Å². The summed E-state index contributed by atoms with van der Waals surface area (Å²) in [6, 6.07) is 5.86. The van der Waals surface area contributed by atoms with Crippen LogP contribution in [0.3, 0.4) is 0 Å². The van der Waals surface area contributed by atoms with Crippen LogP contribution >= 0.6 is 0 Å². The molecular formula is C14H19NO3. The molecule has 0 amide bonds. The predicted octanol–water partition coefficient (Wildman–Crippen LogP) is 2.18. The molecule has 0 aromatic heterocycles. The van der Waals surface area contributed by atoms with Crippen molar-refractivity contribution in [3.63, 3.8) is 0 Å². The van der Waals surface area contributed by atoms with E-state index in [1.165, 1.54) is 0 Å². The first-order valence-electron chi connectivity index (χ1n) is 6.23. The summed E-state index contributed by atoms with van der Waals surface area (Å²) in [5.41, 5.74) is 2.01. The molecule has 98 valence electrons. The highest BCUT2D eigenvalue weighted by Crippen LogP contribution is 2.41. The second-order valence-electron chi connectivity index (χ2n) is 4.41. The maximum absolute atomic E-state index is 12.0. The van der Waals surface area contributed by atoms with Crippen LogP contribution in [0.5, 0.6) is 5.75 Å². The first-order chi connectivity index (χ1) is 8.69. The first kappa shape index (κ1) is 12.7.